The van der Waals surface area contributed by atoms with Crippen molar-refractivity contribution in [2.75, 3.05) is 0 Å². The minimum absolute atomic E-state index is 0.0169. The summed E-state index contributed by atoms with van der Waals surface area (Å²) in [5.41, 5.74) is 0.569. The van der Waals surface area contributed by atoms with Gasteiger partial charge in [0, 0.05) is 0 Å². The first-order valence-corrected chi connectivity index (χ1v) is 4.90. The number of alkyl halides is 1. The van der Waals surface area contributed by atoms with E-state index in [0.717, 1.165) is 0 Å². The quantitative estimate of drug-likeness (QED) is 0.748. The summed E-state index contributed by atoms with van der Waals surface area (Å²) in [6.45, 7) is 1.49. The highest BCUT2D eigenvalue weighted by molar-refractivity contribution is 9.10. The molecule has 0 spiro atoms. The smallest absolute Gasteiger partial charge is 0.143 e. The van der Waals surface area contributed by atoms with Gasteiger partial charge in [-0.05, 0) is 25.0 Å². The Bertz CT molecular complexity index is 312. The van der Waals surface area contributed by atoms with Gasteiger partial charge in [0.2, 0.25) is 0 Å². The third-order valence-corrected chi connectivity index (χ3v) is 2.77. The van der Waals surface area contributed by atoms with Gasteiger partial charge in [-0.25, -0.2) is 4.39 Å². The Hall–Kier alpha value is -0.700. The van der Waals surface area contributed by atoms with E-state index in [2.05, 4.69) is 15.9 Å². The lowest BCUT2D eigenvalue weighted by molar-refractivity contribution is -0.116. The summed E-state index contributed by atoms with van der Waals surface area (Å²) >= 11 is 3.20. The Kier molecular flexibility index (Phi) is 3.60. The highest BCUT2D eigenvalue weighted by atomic mass is 79.9. The Morgan fingerprint density at radius 3 is 2.69 bits per heavy atom. The van der Waals surface area contributed by atoms with Crippen LogP contribution in [0.1, 0.15) is 12.5 Å². The fourth-order valence-corrected chi connectivity index (χ4v) is 1.35. The predicted octanol–water partition coefficient (Wildman–Crippen LogP) is 2.72. The van der Waals surface area contributed by atoms with Crippen LogP contribution in [-0.4, -0.2) is 10.6 Å². The van der Waals surface area contributed by atoms with Crippen LogP contribution in [0.5, 0.6) is 0 Å². The van der Waals surface area contributed by atoms with Crippen LogP contribution in [-0.2, 0) is 11.2 Å². The lowest BCUT2D eigenvalue weighted by Gasteiger charge is -2.06. The molecule has 0 aliphatic heterocycles. The molecule has 0 amide bonds. The van der Waals surface area contributed by atoms with Crippen molar-refractivity contribution in [3.05, 3.63) is 35.6 Å². The molecule has 1 aromatic rings. The van der Waals surface area contributed by atoms with Crippen molar-refractivity contribution >= 4 is 21.7 Å². The minimum atomic E-state index is -0.288. The second kappa shape index (κ2) is 4.51. The van der Waals surface area contributed by atoms with Crippen molar-refractivity contribution in [2.24, 2.45) is 0 Å². The number of benzene rings is 1. The van der Waals surface area contributed by atoms with Crippen LogP contribution in [0.15, 0.2) is 24.3 Å². The number of carbonyl (C=O) groups excluding carboxylic acids is 1. The van der Waals surface area contributed by atoms with Crippen LogP contribution in [0.3, 0.4) is 0 Å². The summed E-state index contributed by atoms with van der Waals surface area (Å²) in [6.07, 6.45) is 0.405. The molecule has 0 heterocycles. The molecule has 1 rings (SSSR count). The van der Waals surface area contributed by atoms with Crippen LogP contribution in [0.2, 0.25) is 0 Å². The van der Waals surface area contributed by atoms with E-state index in [-0.39, 0.29) is 16.4 Å². The SMILES string of the molecule is CC(=O)[C@H](Br)Cc1ccccc1F. The van der Waals surface area contributed by atoms with Gasteiger partial charge >= 0.3 is 0 Å². The van der Waals surface area contributed by atoms with Gasteiger partial charge in [-0.15, -0.1) is 0 Å². The molecule has 0 radical (unpaired) electrons. The largest absolute Gasteiger partial charge is 0.299 e. The van der Waals surface area contributed by atoms with Crippen LogP contribution in [0.4, 0.5) is 4.39 Å². The Morgan fingerprint density at radius 1 is 1.54 bits per heavy atom. The first-order valence-electron chi connectivity index (χ1n) is 3.99. The van der Waals surface area contributed by atoms with Gasteiger partial charge in [0.25, 0.3) is 0 Å². The van der Waals surface area contributed by atoms with Crippen LogP contribution >= 0.6 is 15.9 Å². The predicted molar refractivity (Wildman–Crippen MR) is 53.5 cm³/mol. The second-order valence-corrected chi connectivity index (χ2v) is 3.98. The van der Waals surface area contributed by atoms with E-state index in [1.54, 1.807) is 18.2 Å². The molecule has 13 heavy (non-hydrogen) atoms. The van der Waals surface area contributed by atoms with Gasteiger partial charge in [-0.3, -0.25) is 4.79 Å². The molecule has 3 heteroatoms. The van der Waals surface area contributed by atoms with Crippen LogP contribution in [0.25, 0.3) is 0 Å². The monoisotopic (exact) mass is 244 g/mol. The van der Waals surface area contributed by atoms with Crippen molar-refractivity contribution in [3.63, 3.8) is 0 Å². The zero-order valence-corrected chi connectivity index (χ0v) is 8.84. The third kappa shape index (κ3) is 2.92. The number of carbonyl (C=O) groups is 1. The summed E-state index contributed by atoms with van der Waals surface area (Å²) in [5.74, 6) is -0.239. The zero-order chi connectivity index (χ0) is 9.84. The topological polar surface area (TPSA) is 17.1 Å². The van der Waals surface area contributed by atoms with Crippen molar-refractivity contribution in [2.45, 2.75) is 18.2 Å². The van der Waals surface area contributed by atoms with E-state index >= 15 is 0 Å². The molecule has 1 nitrogen and oxygen atoms in total. The van der Waals surface area contributed by atoms with E-state index in [1.165, 1.54) is 13.0 Å². The maximum Gasteiger partial charge on any atom is 0.143 e. The molecule has 0 aliphatic rings. The van der Waals surface area contributed by atoms with Crippen molar-refractivity contribution in [1.82, 2.24) is 0 Å². The maximum absolute atomic E-state index is 13.1. The van der Waals surface area contributed by atoms with E-state index in [4.69, 9.17) is 0 Å². The van der Waals surface area contributed by atoms with Gasteiger partial charge in [0.15, 0.2) is 0 Å². The normalized spacial score (nSPS) is 12.5. The van der Waals surface area contributed by atoms with Gasteiger partial charge in [-0.2, -0.15) is 0 Å². The number of hydrogen-bond donors (Lipinski definition) is 0. The van der Waals surface area contributed by atoms with E-state index < -0.39 is 0 Å². The zero-order valence-electron chi connectivity index (χ0n) is 7.26. The molecule has 1 atom stereocenters. The lowest BCUT2D eigenvalue weighted by atomic mass is 10.1. The van der Waals surface area contributed by atoms with Crippen LogP contribution < -0.4 is 0 Å². The highest BCUT2D eigenvalue weighted by Crippen LogP contribution is 2.13. The van der Waals surface area contributed by atoms with Crippen molar-refractivity contribution in [3.8, 4) is 0 Å². The first kappa shape index (κ1) is 10.4. The second-order valence-electron chi connectivity index (χ2n) is 2.87. The van der Waals surface area contributed by atoms with Gasteiger partial charge in [0.1, 0.15) is 11.6 Å². The van der Waals surface area contributed by atoms with Gasteiger partial charge in [-0.1, -0.05) is 34.1 Å². The molecular weight excluding hydrogens is 235 g/mol. The molecule has 0 fully saturated rings. The molecule has 0 aliphatic carbocycles. The average Bonchev–Trinajstić information content (AvgIpc) is 2.08. The first-order chi connectivity index (χ1) is 6.11. The fourth-order valence-electron chi connectivity index (χ4n) is 1.00. The number of hydrogen-bond acceptors (Lipinski definition) is 1. The highest BCUT2D eigenvalue weighted by Gasteiger charge is 2.12. The Labute approximate surface area is 85.1 Å². The van der Waals surface area contributed by atoms with Crippen molar-refractivity contribution in [1.29, 1.82) is 0 Å². The molecule has 0 saturated heterocycles. The maximum atomic E-state index is 13.1. The number of halogens is 2. The van der Waals surface area contributed by atoms with Crippen LogP contribution in [0, 0.1) is 5.82 Å². The number of ketones is 1. The molecule has 1 aromatic carbocycles. The summed E-state index contributed by atoms with van der Waals surface area (Å²) in [6, 6.07) is 6.48. The van der Waals surface area contributed by atoms with E-state index in [1.807, 2.05) is 0 Å². The minimum Gasteiger partial charge on any atom is -0.299 e. The summed E-state index contributed by atoms with van der Waals surface area (Å²) in [5, 5.41) is 0. The van der Waals surface area contributed by atoms with Gasteiger partial charge in [0.05, 0.1) is 4.83 Å². The van der Waals surface area contributed by atoms with E-state index in [0.29, 0.717) is 12.0 Å². The number of rotatable bonds is 3. The standard InChI is InChI=1S/C10H10BrFO/c1-7(13)9(11)6-8-4-2-3-5-10(8)12/h2-5,9H,6H2,1H3/t9-/m1/s1. The molecule has 0 bridgehead atoms. The molecule has 70 valence electrons. The number of Topliss-reactive ketones (excluding diaryl/α,β-unsaturated/α-hetero) is 1. The molecular formula is C10H10BrFO. The van der Waals surface area contributed by atoms with Crippen molar-refractivity contribution < 1.29 is 9.18 Å². The molecule has 0 aromatic heterocycles. The fraction of sp³-hybridized carbons (Fsp3) is 0.300. The summed E-state index contributed by atoms with van der Waals surface area (Å²) < 4.78 is 13.1. The Balaban J connectivity index is 2.74. The molecule has 0 unspecified atom stereocenters. The lowest BCUT2D eigenvalue weighted by Crippen LogP contribution is -2.13. The molecule has 0 saturated carbocycles. The van der Waals surface area contributed by atoms with E-state index in [9.17, 15) is 9.18 Å². The average molecular weight is 245 g/mol. The molecule has 0 N–H and O–H groups in total. The third-order valence-electron chi connectivity index (χ3n) is 1.80. The van der Waals surface area contributed by atoms with Gasteiger partial charge < -0.3 is 0 Å². The summed E-state index contributed by atoms with van der Waals surface area (Å²) in [7, 11) is 0. The Morgan fingerprint density at radius 2 is 2.15 bits per heavy atom. The summed E-state index contributed by atoms with van der Waals surface area (Å²) in [4.78, 5) is 10.6.